The summed E-state index contributed by atoms with van der Waals surface area (Å²) >= 11 is 0. The van der Waals surface area contributed by atoms with Gasteiger partial charge >= 0.3 is 0 Å². The lowest BCUT2D eigenvalue weighted by Gasteiger charge is -2.21. The van der Waals surface area contributed by atoms with E-state index in [1.165, 1.54) is 83.1 Å². The molecule has 0 saturated carbocycles. The highest BCUT2D eigenvalue weighted by molar-refractivity contribution is 6.13. The molecule has 2 aromatic heterocycles. The maximum Gasteiger partial charge on any atom is 0.160 e. The highest BCUT2D eigenvalue weighted by Gasteiger charge is 2.36. The van der Waals surface area contributed by atoms with Crippen molar-refractivity contribution in [3.05, 3.63) is 210 Å². The van der Waals surface area contributed by atoms with E-state index in [-0.39, 0.29) is 5.41 Å². The average Bonchev–Trinajstić information content (AvgIpc) is 3.91. The zero-order valence-corrected chi connectivity index (χ0v) is 32.9. The number of benzene rings is 8. The van der Waals surface area contributed by atoms with Gasteiger partial charge in [-0.15, -0.1) is 0 Å². The van der Waals surface area contributed by atoms with Gasteiger partial charge in [0.05, 0.1) is 22.4 Å². The fourth-order valence-electron chi connectivity index (χ4n) is 10.0. The van der Waals surface area contributed by atoms with E-state index in [0.29, 0.717) is 0 Å². The molecule has 0 radical (unpaired) electrons. The van der Waals surface area contributed by atoms with E-state index in [1.807, 2.05) is 12.1 Å². The molecular weight excluding hydrogens is 715 g/mol. The van der Waals surface area contributed by atoms with Gasteiger partial charge in [0.2, 0.25) is 0 Å². The van der Waals surface area contributed by atoms with E-state index in [1.54, 1.807) is 0 Å². The number of para-hydroxylation sites is 1. The Morgan fingerprint density at radius 3 is 1.66 bits per heavy atom. The number of fused-ring (bicyclic) bond motifs is 9. The predicted molar refractivity (Wildman–Crippen MR) is 244 cm³/mol. The van der Waals surface area contributed by atoms with Crippen molar-refractivity contribution in [2.45, 2.75) is 25.7 Å². The molecule has 0 aliphatic heterocycles. The predicted octanol–water partition coefficient (Wildman–Crippen LogP) is 14.1. The van der Waals surface area contributed by atoms with Crippen LogP contribution in [0.4, 0.5) is 0 Å². The molecule has 3 nitrogen and oxygen atoms in total. The molecule has 0 saturated heterocycles. The van der Waals surface area contributed by atoms with Crippen LogP contribution in [-0.4, -0.2) is 14.5 Å². The summed E-state index contributed by atoms with van der Waals surface area (Å²) in [4.78, 5) is 10.5. The summed E-state index contributed by atoms with van der Waals surface area (Å²) in [6, 6.07) is 68.2. The SMILES string of the molecule is CC1(C)c2ccccc2-c2cc3c4cc(-c5cccc6c5Cc5c(-c7nc(-c8ccccc8)cc(-c8ccccc8)n7)cccc5-6)ccc4n(-c4ccccc4)c3cc21. The monoisotopic (exact) mass is 753 g/mol. The molecule has 0 spiro atoms. The zero-order chi connectivity index (χ0) is 39.2. The quantitative estimate of drug-likeness (QED) is 0.175. The summed E-state index contributed by atoms with van der Waals surface area (Å²) in [6.07, 6.45) is 0.805. The maximum atomic E-state index is 5.24. The second-order valence-electron chi connectivity index (χ2n) is 16.5. The van der Waals surface area contributed by atoms with Crippen molar-refractivity contribution in [2.24, 2.45) is 0 Å². The summed E-state index contributed by atoms with van der Waals surface area (Å²) in [5.41, 5.74) is 21.7. The summed E-state index contributed by atoms with van der Waals surface area (Å²) < 4.78 is 2.46. The molecule has 0 fully saturated rings. The van der Waals surface area contributed by atoms with E-state index >= 15 is 0 Å². The first-order valence-corrected chi connectivity index (χ1v) is 20.5. The standard InChI is InChI=1S/C56H39N3/c1-56(2)49-27-13-12-22-42(49)46-32-48-47-30-37(28-29-53(47)59(54(48)33-50(46)56)38-20-10-5-11-21-38)39-23-14-24-40-41-25-15-26-43(45(41)31-44(39)40)55-57-51(35-16-6-3-7-17-35)34-52(58-55)36-18-8-4-9-19-36/h3-30,32-34H,31H2,1-2H3. The van der Waals surface area contributed by atoms with Crippen LogP contribution in [0.15, 0.2) is 188 Å². The normalized spacial score (nSPS) is 13.3. The molecule has 12 rings (SSSR count). The Kier molecular flexibility index (Phi) is 7.34. The average molecular weight is 754 g/mol. The zero-order valence-electron chi connectivity index (χ0n) is 32.9. The first kappa shape index (κ1) is 33.7. The second-order valence-corrected chi connectivity index (χ2v) is 16.5. The summed E-state index contributed by atoms with van der Waals surface area (Å²) in [5.74, 6) is 0.754. The summed E-state index contributed by atoms with van der Waals surface area (Å²) in [5, 5.41) is 2.54. The number of hydrogen-bond donors (Lipinski definition) is 0. The topological polar surface area (TPSA) is 30.7 Å². The van der Waals surface area contributed by atoms with Gasteiger partial charge < -0.3 is 4.57 Å². The summed E-state index contributed by atoms with van der Waals surface area (Å²) in [7, 11) is 0. The van der Waals surface area contributed by atoms with Crippen LogP contribution in [0.5, 0.6) is 0 Å². The van der Waals surface area contributed by atoms with Gasteiger partial charge in [-0.25, -0.2) is 9.97 Å². The number of hydrogen-bond acceptors (Lipinski definition) is 2. The van der Waals surface area contributed by atoms with Gasteiger partial charge in [0.15, 0.2) is 5.82 Å². The largest absolute Gasteiger partial charge is 0.309 e. The third kappa shape index (κ3) is 5.14. The van der Waals surface area contributed by atoms with E-state index in [4.69, 9.17) is 9.97 Å². The lowest BCUT2D eigenvalue weighted by Crippen LogP contribution is -2.14. The molecule has 0 bridgehead atoms. The van der Waals surface area contributed by atoms with E-state index in [9.17, 15) is 0 Å². The third-order valence-corrected chi connectivity index (χ3v) is 12.9. The van der Waals surface area contributed by atoms with Crippen LogP contribution in [0.1, 0.15) is 36.1 Å². The van der Waals surface area contributed by atoms with Crippen molar-refractivity contribution >= 4 is 21.8 Å². The Morgan fingerprint density at radius 1 is 0.407 bits per heavy atom. The molecule has 2 aliphatic carbocycles. The highest BCUT2D eigenvalue weighted by atomic mass is 15.0. The van der Waals surface area contributed by atoms with E-state index < -0.39 is 0 Å². The van der Waals surface area contributed by atoms with Gasteiger partial charge in [-0.2, -0.15) is 0 Å². The van der Waals surface area contributed by atoms with E-state index in [2.05, 4.69) is 194 Å². The molecule has 0 amide bonds. The number of rotatable bonds is 5. The van der Waals surface area contributed by atoms with Crippen LogP contribution >= 0.6 is 0 Å². The smallest absolute Gasteiger partial charge is 0.160 e. The van der Waals surface area contributed by atoms with Crippen LogP contribution in [0.25, 0.3) is 94.8 Å². The summed E-state index contributed by atoms with van der Waals surface area (Å²) in [6.45, 7) is 4.73. The molecule has 0 N–H and O–H groups in total. The van der Waals surface area contributed by atoms with Gasteiger partial charge in [0.25, 0.3) is 0 Å². The molecule has 8 aromatic carbocycles. The van der Waals surface area contributed by atoms with Crippen LogP contribution < -0.4 is 0 Å². The molecule has 0 unspecified atom stereocenters. The second kappa shape index (κ2) is 12.8. The van der Waals surface area contributed by atoms with Crippen molar-refractivity contribution in [3.63, 3.8) is 0 Å². The third-order valence-electron chi connectivity index (χ3n) is 12.9. The Labute approximate surface area is 344 Å². The number of nitrogens with zero attached hydrogens (tertiary/aromatic N) is 3. The van der Waals surface area contributed by atoms with Crippen LogP contribution in [0.2, 0.25) is 0 Å². The van der Waals surface area contributed by atoms with Crippen molar-refractivity contribution in [2.75, 3.05) is 0 Å². The molecule has 59 heavy (non-hydrogen) atoms. The van der Waals surface area contributed by atoms with Gasteiger partial charge in [-0.1, -0.05) is 159 Å². The van der Waals surface area contributed by atoms with Gasteiger partial charge in [0, 0.05) is 45.0 Å². The minimum absolute atomic E-state index is 0.0846. The van der Waals surface area contributed by atoms with Crippen molar-refractivity contribution in [1.82, 2.24) is 14.5 Å². The van der Waals surface area contributed by atoms with Gasteiger partial charge in [-0.3, -0.25) is 0 Å². The molecule has 278 valence electrons. The van der Waals surface area contributed by atoms with Crippen LogP contribution in [-0.2, 0) is 11.8 Å². The Bertz CT molecular complexity index is 3250. The van der Waals surface area contributed by atoms with E-state index in [0.717, 1.165) is 40.3 Å². The minimum atomic E-state index is -0.0846. The van der Waals surface area contributed by atoms with Gasteiger partial charge in [-0.05, 0) is 98.1 Å². The van der Waals surface area contributed by atoms with Crippen LogP contribution in [0, 0.1) is 0 Å². The maximum absolute atomic E-state index is 5.24. The lowest BCUT2D eigenvalue weighted by molar-refractivity contribution is 0.661. The number of aromatic nitrogens is 3. The fourth-order valence-corrected chi connectivity index (χ4v) is 10.0. The Hall–Kier alpha value is -7.36. The highest BCUT2D eigenvalue weighted by Crippen LogP contribution is 2.52. The molecule has 3 heteroatoms. The Morgan fingerprint density at radius 2 is 0.966 bits per heavy atom. The molecule has 2 aliphatic rings. The molecule has 0 atom stereocenters. The minimum Gasteiger partial charge on any atom is -0.309 e. The fraction of sp³-hybridized carbons (Fsp3) is 0.0714. The van der Waals surface area contributed by atoms with Crippen molar-refractivity contribution < 1.29 is 0 Å². The first-order valence-electron chi connectivity index (χ1n) is 20.5. The lowest BCUT2D eigenvalue weighted by atomic mass is 9.82. The molecule has 2 heterocycles. The van der Waals surface area contributed by atoms with Crippen molar-refractivity contribution in [1.29, 1.82) is 0 Å². The molecular formula is C56H39N3. The first-order chi connectivity index (χ1) is 29.0. The van der Waals surface area contributed by atoms with Crippen molar-refractivity contribution in [3.8, 4) is 73.0 Å². The molecule has 10 aromatic rings. The van der Waals surface area contributed by atoms with Gasteiger partial charge in [0.1, 0.15) is 0 Å². The Balaban J connectivity index is 1.02. The van der Waals surface area contributed by atoms with Crippen LogP contribution in [0.3, 0.4) is 0 Å².